The van der Waals surface area contributed by atoms with Crippen LogP contribution in [0.15, 0.2) is 107 Å². The SMILES string of the molecule is CCOC(=O)c1ccc(-n2c(Nc3ccccc3SSc3ccccc3Nc3n[nH]c(=S)n3-c3ccc(C(=O)OCC)cc3)n[nH]c2=S)cc1. The molecule has 254 valence electrons. The number of para-hydroxylation sites is 2. The summed E-state index contributed by atoms with van der Waals surface area (Å²) in [5.41, 5.74) is 4.00. The number of rotatable bonds is 13. The standard InChI is InChI=1S/C34H30N8O4S4/c1-3-45-29(43)21-13-17-23(18-14-21)41-31(37-39-33(41)47)35-25-9-5-7-11-27(25)49-50-28-12-8-6-10-26(28)36-32-38-40-34(48)42(32)24-19-15-22(16-20-24)30(44)46-4-2/h5-20H,3-4H2,1-2H3,(H,35,37)(H,36,38)(H,39,47)(H,40,48). The number of nitrogens with zero attached hydrogens (tertiary/aromatic N) is 4. The van der Waals surface area contributed by atoms with Crippen LogP contribution in [0.3, 0.4) is 0 Å². The van der Waals surface area contributed by atoms with Crippen LogP contribution in [0.5, 0.6) is 0 Å². The Bertz CT molecular complexity index is 2090. The Morgan fingerprint density at radius 1 is 0.640 bits per heavy atom. The number of carbonyl (C=O) groups is 2. The van der Waals surface area contributed by atoms with E-state index in [1.165, 1.54) is 0 Å². The van der Waals surface area contributed by atoms with Gasteiger partial charge in [0.15, 0.2) is 0 Å². The van der Waals surface area contributed by atoms with Gasteiger partial charge in [-0.1, -0.05) is 45.9 Å². The Labute approximate surface area is 305 Å². The first-order chi connectivity index (χ1) is 24.4. The molecule has 0 saturated heterocycles. The molecule has 0 aliphatic heterocycles. The first kappa shape index (κ1) is 34.7. The van der Waals surface area contributed by atoms with Gasteiger partial charge < -0.3 is 20.1 Å². The molecule has 6 rings (SSSR count). The molecule has 0 saturated carbocycles. The highest BCUT2D eigenvalue weighted by Gasteiger charge is 2.16. The van der Waals surface area contributed by atoms with Gasteiger partial charge in [0.1, 0.15) is 0 Å². The molecule has 2 heterocycles. The number of esters is 2. The van der Waals surface area contributed by atoms with E-state index in [0.29, 0.717) is 45.8 Å². The number of hydrogen-bond donors (Lipinski definition) is 4. The predicted molar refractivity (Wildman–Crippen MR) is 201 cm³/mol. The van der Waals surface area contributed by atoms with Gasteiger partial charge in [-0.15, -0.1) is 10.2 Å². The summed E-state index contributed by atoms with van der Waals surface area (Å²) in [7, 11) is 3.13. The van der Waals surface area contributed by atoms with Crippen LogP contribution < -0.4 is 10.6 Å². The molecule has 12 nitrogen and oxygen atoms in total. The topological polar surface area (TPSA) is 144 Å². The lowest BCUT2D eigenvalue weighted by molar-refractivity contribution is 0.0516. The Balaban J connectivity index is 1.20. The first-order valence-electron chi connectivity index (χ1n) is 15.3. The van der Waals surface area contributed by atoms with Gasteiger partial charge in [-0.3, -0.25) is 9.13 Å². The van der Waals surface area contributed by atoms with Crippen molar-refractivity contribution in [3.8, 4) is 11.4 Å². The highest BCUT2D eigenvalue weighted by molar-refractivity contribution is 8.76. The van der Waals surface area contributed by atoms with Gasteiger partial charge >= 0.3 is 11.9 Å². The van der Waals surface area contributed by atoms with Crippen molar-refractivity contribution in [3.63, 3.8) is 0 Å². The molecular weight excluding hydrogens is 713 g/mol. The number of ether oxygens (including phenoxy) is 2. The van der Waals surface area contributed by atoms with E-state index in [1.807, 2.05) is 48.5 Å². The quantitative estimate of drug-likeness (QED) is 0.0510. The van der Waals surface area contributed by atoms with Gasteiger partial charge in [-0.05, 0) is 111 Å². The average molecular weight is 743 g/mol. The highest BCUT2D eigenvalue weighted by Crippen LogP contribution is 2.44. The summed E-state index contributed by atoms with van der Waals surface area (Å²) in [6.45, 7) is 4.14. The number of nitrogens with one attached hydrogen (secondary N) is 4. The molecule has 0 amide bonds. The average Bonchev–Trinajstić information content (AvgIpc) is 3.69. The van der Waals surface area contributed by atoms with Crippen LogP contribution in [0.25, 0.3) is 11.4 Å². The van der Waals surface area contributed by atoms with Crippen molar-refractivity contribution in [2.24, 2.45) is 0 Å². The molecular formula is C34H30N8O4S4. The number of hydrogen-bond acceptors (Lipinski definition) is 12. The lowest BCUT2D eigenvalue weighted by Crippen LogP contribution is -2.06. The smallest absolute Gasteiger partial charge is 0.338 e. The normalized spacial score (nSPS) is 10.8. The van der Waals surface area contributed by atoms with Gasteiger partial charge in [0.2, 0.25) is 21.4 Å². The second-order valence-electron chi connectivity index (χ2n) is 10.3. The van der Waals surface area contributed by atoms with Crippen LogP contribution in [0.2, 0.25) is 0 Å². The monoisotopic (exact) mass is 742 g/mol. The third-order valence-corrected chi connectivity index (χ3v) is 10.1. The lowest BCUT2D eigenvalue weighted by Gasteiger charge is -2.14. The molecule has 6 aromatic rings. The number of benzene rings is 4. The Morgan fingerprint density at radius 3 is 1.40 bits per heavy atom. The van der Waals surface area contributed by atoms with Crippen molar-refractivity contribution in [1.29, 1.82) is 0 Å². The number of aromatic amines is 2. The van der Waals surface area contributed by atoms with Gasteiger partial charge in [0.25, 0.3) is 0 Å². The van der Waals surface area contributed by atoms with E-state index in [-0.39, 0.29) is 11.9 Å². The third kappa shape index (κ3) is 7.83. The van der Waals surface area contributed by atoms with Crippen molar-refractivity contribution < 1.29 is 19.1 Å². The molecule has 50 heavy (non-hydrogen) atoms. The summed E-state index contributed by atoms with van der Waals surface area (Å²) in [5.74, 6) is 0.197. The molecule has 4 N–H and O–H groups in total. The molecule has 0 spiro atoms. The Hall–Kier alpha value is -5.16. The number of H-pyrrole nitrogens is 2. The minimum absolute atomic E-state index is 0.301. The van der Waals surface area contributed by atoms with E-state index in [2.05, 4.69) is 31.0 Å². The van der Waals surface area contributed by atoms with E-state index in [9.17, 15) is 9.59 Å². The minimum Gasteiger partial charge on any atom is -0.462 e. The zero-order valence-electron chi connectivity index (χ0n) is 26.7. The van der Waals surface area contributed by atoms with E-state index >= 15 is 0 Å². The molecule has 16 heteroatoms. The second kappa shape index (κ2) is 16.0. The molecule has 0 unspecified atom stereocenters. The van der Waals surface area contributed by atoms with Crippen molar-refractivity contribution in [2.45, 2.75) is 23.6 Å². The van der Waals surface area contributed by atoms with E-state index in [0.717, 1.165) is 32.5 Å². The maximum absolute atomic E-state index is 12.1. The van der Waals surface area contributed by atoms with Crippen LogP contribution >= 0.6 is 46.0 Å². The maximum atomic E-state index is 12.1. The third-order valence-electron chi connectivity index (χ3n) is 7.11. The summed E-state index contributed by atoms with van der Waals surface area (Å²) < 4.78 is 14.5. The van der Waals surface area contributed by atoms with E-state index in [1.54, 1.807) is 93.1 Å². The summed E-state index contributed by atoms with van der Waals surface area (Å²) in [6.07, 6.45) is 0. The van der Waals surface area contributed by atoms with Crippen LogP contribution in [0, 0.1) is 9.54 Å². The van der Waals surface area contributed by atoms with Gasteiger partial charge in [-0.25, -0.2) is 19.8 Å². The molecule has 0 radical (unpaired) electrons. The van der Waals surface area contributed by atoms with Crippen molar-refractivity contribution in [2.75, 3.05) is 23.8 Å². The summed E-state index contributed by atoms with van der Waals surface area (Å²) in [5, 5.41) is 21.4. The first-order valence-corrected chi connectivity index (χ1v) is 18.3. The molecule has 0 bridgehead atoms. The van der Waals surface area contributed by atoms with Gasteiger partial charge in [-0.2, -0.15) is 0 Å². The van der Waals surface area contributed by atoms with E-state index < -0.39 is 0 Å². The summed E-state index contributed by atoms with van der Waals surface area (Å²) >= 11 is 11.1. The zero-order valence-corrected chi connectivity index (χ0v) is 30.0. The molecule has 0 aliphatic rings. The van der Waals surface area contributed by atoms with Crippen LogP contribution in [-0.4, -0.2) is 54.7 Å². The van der Waals surface area contributed by atoms with E-state index in [4.69, 9.17) is 33.9 Å². The maximum Gasteiger partial charge on any atom is 0.338 e. The Kier molecular flexibility index (Phi) is 11.1. The van der Waals surface area contributed by atoms with Crippen LogP contribution in [0.4, 0.5) is 23.3 Å². The number of aromatic nitrogens is 6. The predicted octanol–water partition coefficient (Wildman–Crippen LogP) is 8.81. The summed E-state index contributed by atoms with van der Waals surface area (Å²) in [4.78, 5) is 26.2. The molecule has 2 aromatic heterocycles. The fraction of sp³-hybridized carbons (Fsp3) is 0.118. The highest BCUT2D eigenvalue weighted by atomic mass is 33.1. The number of anilines is 4. The molecule has 0 fully saturated rings. The van der Waals surface area contributed by atoms with Crippen LogP contribution in [-0.2, 0) is 9.47 Å². The van der Waals surface area contributed by atoms with Crippen molar-refractivity contribution >= 4 is 81.2 Å². The largest absolute Gasteiger partial charge is 0.462 e. The van der Waals surface area contributed by atoms with Gasteiger partial charge in [0, 0.05) is 9.79 Å². The fourth-order valence-corrected chi connectivity index (χ4v) is 7.53. The molecule has 0 aliphatic carbocycles. The minimum atomic E-state index is -0.385. The van der Waals surface area contributed by atoms with Crippen molar-refractivity contribution in [3.05, 3.63) is 118 Å². The molecule has 4 aromatic carbocycles. The zero-order chi connectivity index (χ0) is 35.0. The lowest BCUT2D eigenvalue weighted by atomic mass is 10.2. The van der Waals surface area contributed by atoms with Gasteiger partial charge in [0.05, 0.1) is 47.1 Å². The van der Waals surface area contributed by atoms with Crippen LogP contribution in [0.1, 0.15) is 34.6 Å². The van der Waals surface area contributed by atoms with Crippen molar-refractivity contribution in [1.82, 2.24) is 29.5 Å². The fourth-order valence-electron chi connectivity index (χ4n) is 4.78. The second-order valence-corrected chi connectivity index (χ2v) is 13.3. The Morgan fingerprint density at radius 2 is 1.02 bits per heavy atom. The molecule has 0 atom stereocenters. The summed E-state index contributed by atoms with van der Waals surface area (Å²) in [6, 6.07) is 29.7. The number of carbonyl (C=O) groups excluding carboxylic acids is 2.